The predicted molar refractivity (Wildman–Crippen MR) is 129 cm³/mol. The number of nitrogens with two attached hydrogens (primary N) is 1. The smallest absolute Gasteiger partial charge is 0.379 e. The first-order valence-corrected chi connectivity index (χ1v) is 12.5. The van der Waals surface area contributed by atoms with Crippen LogP contribution >= 0.6 is 0 Å². The van der Waals surface area contributed by atoms with Gasteiger partial charge in [-0.25, -0.2) is 13.2 Å². The number of amides is 1. The molecule has 13 heteroatoms. The summed E-state index contributed by atoms with van der Waals surface area (Å²) in [4.78, 5) is 29.6. The van der Waals surface area contributed by atoms with E-state index >= 15 is 4.39 Å². The lowest BCUT2D eigenvalue weighted by molar-refractivity contribution is -0.214. The Morgan fingerprint density at radius 1 is 1.21 bits per heavy atom. The molecule has 2 aliphatic heterocycles. The molecule has 0 radical (unpaired) electrons. The highest BCUT2D eigenvalue weighted by Gasteiger charge is 2.61. The zero-order chi connectivity index (χ0) is 28.4. The third kappa shape index (κ3) is 4.39. The summed E-state index contributed by atoms with van der Waals surface area (Å²) in [6.45, 7) is 1.83. The standard InChI is InChI=1S/C26H28F6N4O3/c1-13(14-4-3-5-15(21(14)27)23(28)29)36(22-16-9-34(2)10-17(16)22)19-8-20(37)35(11-18(19)24(33)38)25(26(30,31)32)6-7-39-12-25/h3-5,8,11,13,16-17,22-23H,6-7,9-10,12H2,1-2H3,(H2,33,38)/t13-,16?,17?,22?,25-/m1/s1. The van der Waals surface area contributed by atoms with Crippen molar-refractivity contribution >= 4 is 11.6 Å². The van der Waals surface area contributed by atoms with Gasteiger partial charge in [-0.2, -0.15) is 13.2 Å². The average Bonchev–Trinajstić information content (AvgIpc) is 3.19. The van der Waals surface area contributed by atoms with Gasteiger partial charge in [0.25, 0.3) is 17.9 Å². The highest BCUT2D eigenvalue weighted by molar-refractivity contribution is 5.98. The van der Waals surface area contributed by atoms with E-state index in [9.17, 15) is 31.5 Å². The number of piperidine rings is 1. The number of nitrogens with zero attached hydrogens (tertiary/aromatic N) is 3. The fourth-order valence-electron chi connectivity index (χ4n) is 6.32. The van der Waals surface area contributed by atoms with Crippen molar-refractivity contribution in [3.63, 3.8) is 0 Å². The molecule has 212 valence electrons. The van der Waals surface area contributed by atoms with Crippen molar-refractivity contribution < 1.29 is 35.9 Å². The largest absolute Gasteiger partial charge is 0.414 e. The van der Waals surface area contributed by atoms with Gasteiger partial charge in [0, 0.05) is 50.0 Å². The minimum atomic E-state index is -4.87. The molecule has 1 saturated carbocycles. The number of hydrogen-bond acceptors (Lipinski definition) is 5. The van der Waals surface area contributed by atoms with Crippen molar-refractivity contribution in [1.29, 1.82) is 0 Å². The first-order chi connectivity index (χ1) is 18.3. The van der Waals surface area contributed by atoms with E-state index < -0.39 is 60.1 Å². The van der Waals surface area contributed by atoms with Gasteiger partial charge in [0.1, 0.15) is 5.82 Å². The van der Waals surface area contributed by atoms with Crippen molar-refractivity contribution in [2.75, 3.05) is 38.3 Å². The predicted octanol–water partition coefficient (Wildman–Crippen LogP) is 3.83. The molecule has 3 fully saturated rings. The number of likely N-dealkylation sites (tertiary alicyclic amines) is 1. The molecule has 4 atom stereocenters. The Morgan fingerprint density at radius 2 is 1.85 bits per heavy atom. The number of carbonyl (C=O) groups excluding carboxylic acids is 1. The number of halogens is 6. The van der Waals surface area contributed by atoms with Gasteiger partial charge in [0.15, 0.2) is 5.54 Å². The number of primary amides is 1. The van der Waals surface area contributed by atoms with Crippen LogP contribution in [0.4, 0.5) is 32.0 Å². The number of ether oxygens (including phenoxy) is 1. The second-order valence-electron chi connectivity index (χ2n) is 10.7. The molecule has 1 amide bonds. The molecule has 2 unspecified atom stereocenters. The Balaban J connectivity index is 1.67. The summed E-state index contributed by atoms with van der Waals surface area (Å²) in [6.07, 6.45) is -7.67. The Kier molecular flexibility index (Phi) is 6.73. The lowest BCUT2D eigenvalue weighted by Gasteiger charge is -2.37. The maximum atomic E-state index is 15.3. The van der Waals surface area contributed by atoms with Crippen molar-refractivity contribution in [2.45, 2.75) is 43.6 Å². The van der Waals surface area contributed by atoms with Gasteiger partial charge in [-0.15, -0.1) is 0 Å². The van der Waals surface area contributed by atoms with Crippen LogP contribution in [0, 0.1) is 17.7 Å². The van der Waals surface area contributed by atoms with E-state index in [1.807, 2.05) is 7.05 Å². The van der Waals surface area contributed by atoms with Crippen LogP contribution in [0.25, 0.3) is 0 Å². The minimum absolute atomic E-state index is 0.0589. The summed E-state index contributed by atoms with van der Waals surface area (Å²) < 4.78 is 90.4. The summed E-state index contributed by atoms with van der Waals surface area (Å²) in [5, 5.41) is 0. The Bertz CT molecular complexity index is 1330. The SMILES string of the molecule is C[C@H](c1cccc(C(F)F)c1F)N(c1cc(=O)n([C@]2(C(F)(F)F)CCOC2)cc1C(N)=O)C1C2CN(C)CC21. The summed E-state index contributed by atoms with van der Waals surface area (Å²) in [7, 11) is 1.92. The molecular formula is C26H28F6N4O3. The van der Waals surface area contributed by atoms with Crippen LogP contribution in [0.2, 0.25) is 0 Å². The van der Waals surface area contributed by atoms with E-state index in [1.165, 1.54) is 12.1 Å². The maximum Gasteiger partial charge on any atom is 0.414 e. The number of rotatable bonds is 7. The molecule has 0 bridgehead atoms. The third-order valence-corrected chi connectivity index (χ3v) is 8.38. The number of fused-ring (bicyclic) bond motifs is 1. The van der Waals surface area contributed by atoms with Crippen LogP contribution in [0.3, 0.4) is 0 Å². The molecule has 1 aromatic heterocycles. The first kappa shape index (κ1) is 27.5. The van der Waals surface area contributed by atoms with Gasteiger partial charge in [-0.3, -0.25) is 14.2 Å². The third-order valence-electron chi connectivity index (χ3n) is 8.38. The fourth-order valence-corrected chi connectivity index (χ4v) is 6.32. The molecule has 0 spiro atoms. The van der Waals surface area contributed by atoms with Crippen LogP contribution in [0.15, 0.2) is 35.3 Å². The molecule has 1 aromatic carbocycles. The van der Waals surface area contributed by atoms with Crippen molar-refractivity contribution in [3.05, 3.63) is 63.3 Å². The molecule has 2 saturated heterocycles. The van der Waals surface area contributed by atoms with E-state index in [-0.39, 0.29) is 41.3 Å². The van der Waals surface area contributed by atoms with Gasteiger partial charge in [-0.05, 0) is 25.8 Å². The second kappa shape index (κ2) is 9.54. The average molecular weight is 559 g/mol. The highest BCUT2D eigenvalue weighted by atomic mass is 19.4. The molecular weight excluding hydrogens is 530 g/mol. The maximum absolute atomic E-state index is 15.3. The molecule has 39 heavy (non-hydrogen) atoms. The van der Waals surface area contributed by atoms with Crippen molar-refractivity contribution in [1.82, 2.24) is 9.47 Å². The minimum Gasteiger partial charge on any atom is -0.379 e. The number of alkyl halides is 5. The van der Waals surface area contributed by atoms with E-state index in [0.29, 0.717) is 17.7 Å². The Hall–Kier alpha value is -3.06. The lowest BCUT2D eigenvalue weighted by atomic mass is 9.96. The monoisotopic (exact) mass is 558 g/mol. The molecule has 5 rings (SSSR count). The molecule has 3 aliphatic rings. The Morgan fingerprint density at radius 3 is 2.38 bits per heavy atom. The zero-order valence-corrected chi connectivity index (χ0v) is 21.2. The van der Waals surface area contributed by atoms with E-state index in [2.05, 4.69) is 4.90 Å². The number of benzene rings is 1. The summed E-state index contributed by atoms with van der Waals surface area (Å²) >= 11 is 0. The van der Waals surface area contributed by atoms with Crippen LogP contribution < -0.4 is 16.2 Å². The molecule has 2 N–H and O–H groups in total. The molecule has 3 heterocycles. The van der Waals surface area contributed by atoms with Crippen LogP contribution in [-0.2, 0) is 10.3 Å². The Labute approximate surface area is 220 Å². The summed E-state index contributed by atoms with van der Waals surface area (Å²) in [5.41, 5.74) is 0.603. The number of carbonyl (C=O) groups is 1. The number of hydrogen-bond donors (Lipinski definition) is 1. The number of aromatic nitrogens is 1. The van der Waals surface area contributed by atoms with Gasteiger partial charge < -0.3 is 20.3 Å². The van der Waals surface area contributed by atoms with E-state index in [0.717, 1.165) is 18.3 Å². The lowest BCUT2D eigenvalue weighted by Crippen LogP contribution is -2.53. The second-order valence-corrected chi connectivity index (χ2v) is 10.7. The molecule has 7 nitrogen and oxygen atoms in total. The molecule has 1 aliphatic carbocycles. The zero-order valence-electron chi connectivity index (χ0n) is 21.2. The number of anilines is 1. The summed E-state index contributed by atoms with van der Waals surface area (Å²) in [5.74, 6) is -2.09. The van der Waals surface area contributed by atoms with E-state index in [4.69, 9.17) is 10.5 Å². The van der Waals surface area contributed by atoms with Crippen LogP contribution in [0.1, 0.15) is 47.3 Å². The molecule has 2 aromatic rings. The van der Waals surface area contributed by atoms with Gasteiger partial charge >= 0.3 is 6.18 Å². The van der Waals surface area contributed by atoms with Crippen molar-refractivity contribution in [2.24, 2.45) is 17.6 Å². The highest BCUT2D eigenvalue weighted by Crippen LogP contribution is 2.53. The quantitative estimate of drug-likeness (QED) is 0.523. The topological polar surface area (TPSA) is 80.8 Å². The summed E-state index contributed by atoms with van der Waals surface area (Å²) in [6, 6.07) is 3.24. The van der Waals surface area contributed by atoms with Gasteiger partial charge in [0.05, 0.1) is 29.5 Å². The fraction of sp³-hybridized carbons (Fsp3) is 0.538. The van der Waals surface area contributed by atoms with Gasteiger partial charge in [-0.1, -0.05) is 18.2 Å². The van der Waals surface area contributed by atoms with Gasteiger partial charge in [0.2, 0.25) is 0 Å². The number of pyridine rings is 1. The van der Waals surface area contributed by atoms with E-state index in [1.54, 1.807) is 11.8 Å². The first-order valence-electron chi connectivity index (χ1n) is 12.5. The van der Waals surface area contributed by atoms with Crippen LogP contribution in [0.5, 0.6) is 0 Å². The van der Waals surface area contributed by atoms with Crippen LogP contribution in [-0.4, -0.2) is 60.9 Å². The van der Waals surface area contributed by atoms with Crippen molar-refractivity contribution in [3.8, 4) is 0 Å². The normalized spacial score (nSPS) is 27.6.